The molecule has 4 nitrogen and oxygen atoms in total. The maximum atomic E-state index is 11.7. The number of rotatable bonds is 4. The summed E-state index contributed by atoms with van der Waals surface area (Å²) in [7, 11) is 0. The molecule has 0 aliphatic rings. The number of carbonyl (C=O) groups is 2. The summed E-state index contributed by atoms with van der Waals surface area (Å²) in [6.07, 6.45) is 0.197. The first-order chi connectivity index (χ1) is 9.17. The molecule has 1 aromatic rings. The number of amides is 1. The molecule has 110 valence electrons. The predicted molar refractivity (Wildman–Crippen MR) is 82.6 cm³/mol. The van der Waals surface area contributed by atoms with Crippen molar-refractivity contribution >= 4 is 33.5 Å². The van der Waals surface area contributed by atoms with Crippen LogP contribution in [-0.2, 0) is 14.3 Å². The Labute approximate surface area is 128 Å². The van der Waals surface area contributed by atoms with E-state index in [9.17, 15) is 9.59 Å². The minimum Gasteiger partial charge on any atom is -0.460 e. The number of benzene rings is 1. The van der Waals surface area contributed by atoms with Crippen LogP contribution in [0.2, 0.25) is 0 Å². The molecule has 1 rings (SSSR count). The van der Waals surface area contributed by atoms with E-state index in [4.69, 9.17) is 4.74 Å². The average Bonchev–Trinajstić information content (AvgIpc) is 2.29. The van der Waals surface area contributed by atoms with Crippen LogP contribution >= 0.6 is 15.9 Å². The summed E-state index contributed by atoms with van der Waals surface area (Å²) in [6.45, 7) is 7.35. The molecule has 0 aliphatic heterocycles. The lowest BCUT2D eigenvalue weighted by molar-refractivity contribution is -0.155. The van der Waals surface area contributed by atoms with Gasteiger partial charge in [0.15, 0.2) is 0 Å². The van der Waals surface area contributed by atoms with Gasteiger partial charge in [-0.2, -0.15) is 0 Å². The van der Waals surface area contributed by atoms with Crippen LogP contribution in [0, 0.1) is 6.92 Å². The first kappa shape index (κ1) is 16.7. The van der Waals surface area contributed by atoms with Gasteiger partial charge in [0.25, 0.3) is 0 Å². The molecule has 0 aromatic heterocycles. The zero-order chi connectivity index (χ0) is 15.3. The molecule has 0 bridgehead atoms. The molecule has 0 unspecified atom stereocenters. The lowest BCUT2D eigenvalue weighted by Crippen LogP contribution is -2.24. The Bertz CT molecular complexity index is 506. The summed E-state index contributed by atoms with van der Waals surface area (Å²) in [5.41, 5.74) is 1.24. The van der Waals surface area contributed by atoms with Gasteiger partial charge in [0.1, 0.15) is 5.60 Å². The fourth-order valence-corrected chi connectivity index (χ4v) is 1.80. The van der Waals surface area contributed by atoms with Crippen molar-refractivity contribution in [1.82, 2.24) is 0 Å². The van der Waals surface area contributed by atoms with Gasteiger partial charge in [0.05, 0.1) is 6.42 Å². The molecule has 0 atom stereocenters. The summed E-state index contributed by atoms with van der Waals surface area (Å²) < 4.78 is 6.14. The molecule has 20 heavy (non-hydrogen) atoms. The van der Waals surface area contributed by atoms with Gasteiger partial charge in [-0.3, -0.25) is 9.59 Å². The molecule has 0 saturated heterocycles. The molecule has 0 saturated carbocycles. The number of anilines is 1. The largest absolute Gasteiger partial charge is 0.460 e. The highest BCUT2D eigenvalue weighted by Gasteiger charge is 2.17. The van der Waals surface area contributed by atoms with Gasteiger partial charge in [0, 0.05) is 16.6 Å². The van der Waals surface area contributed by atoms with Crippen LogP contribution in [0.25, 0.3) is 0 Å². The van der Waals surface area contributed by atoms with Gasteiger partial charge >= 0.3 is 5.97 Å². The van der Waals surface area contributed by atoms with E-state index in [1.165, 1.54) is 0 Å². The topological polar surface area (TPSA) is 55.4 Å². The Morgan fingerprint density at radius 1 is 1.25 bits per heavy atom. The summed E-state index contributed by atoms with van der Waals surface area (Å²) in [5, 5.41) is 2.76. The Balaban J connectivity index is 2.44. The average molecular weight is 342 g/mol. The Hall–Kier alpha value is -1.36. The van der Waals surface area contributed by atoms with Gasteiger partial charge in [-0.15, -0.1) is 0 Å². The summed E-state index contributed by atoms with van der Waals surface area (Å²) in [5.74, 6) is -0.558. The predicted octanol–water partition coefficient (Wildman–Crippen LogP) is 3.82. The Kier molecular flexibility index (Phi) is 5.74. The van der Waals surface area contributed by atoms with Crippen LogP contribution < -0.4 is 5.32 Å². The van der Waals surface area contributed by atoms with Gasteiger partial charge in [0.2, 0.25) is 5.91 Å². The summed E-state index contributed by atoms with van der Waals surface area (Å²) >= 11 is 3.40. The SMILES string of the molecule is Cc1cc(NC(=O)CCC(=O)OC(C)(C)C)ccc1Br. The molecule has 1 amide bonds. The van der Waals surface area contributed by atoms with Crippen molar-refractivity contribution in [2.45, 2.75) is 46.1 Å². The van der Waals surface area contributed by atoms with Gasteiger partial charge in [-0.05, 0) is 51.5 Å². The highest BCUT2D eigenvalue weighted by molar-refractivity contribution is 9.10. The molecule has 1 N–H and O–H groups in total. The van der Waals surface area contributed by atoms with E-state index in [2.05, 4.69) is 21.2 Å². The Morgan fingerprint density at radius 2 is 1.90 bits per heavy atom. The van der Waals surface area contributed by atoms with E-state index in [0.29, 0.717) is 0 Å². The van der Waals surface area contributed by atoms with Crippen LogP contribution in [0.4, 0.5) is 5.69 Å². The molecular formula is C15H20BrNO3. The highest BCUT2D eigenvalue weighted by atomic mass is 79.9. The Morgan fingerprint density at radius 3 is 2.45 bits per heavy atom. The number of halogens is 1. The molecule has 0 heterocycles. The summed E-state index contributed by atoms with van der Waals surface area (Å²) in [6, 6.07) is 5.55. The molecule has 0 aliphatic carbocycles. The zero-order valence-corrected chi connectivity index (χ0v) is 13.8. The number of nitrogens with one attached hydrogen (secondary N) is 1. The maximum Gasteiger partial charge on any atom is 0.306 e. The molecule has 0 radical (unpaired) electrons. The third kappa shape index (κ3) is 6.19. The molecule has 5 heteroatoms. The van der Waals surface area contributed by atoms with Crippen LogP contribution in [-0.4, -0.2) is 17.5 Å². The maximum absolute atomic E-state index is 11.7. The van der Waals surface area contributed by atoms with E-state index in [1.807, 2.05) is 25.1 Å². The third-order valence-electron chi connectivity index (χ3n) is 2.42. The third-order valence-corrected chi connectivity index (χ3v) is 3.31. The van der Waals surface area contributed by atoms with Crippen LogP contribution in [0.3, 0.4) is 0 Å². The fraction of sp³-hybridized carbons (Fsp3) is 0.467. The number of ether oxygens (including phenoxy) is 1. The first-order valence-corrected chi connectivity index (χ1v) is 7.24. The lowest BCUT2D eigenvalue weighted by atomic mass is 10.2. The van der Waals surface area contributed by atoms with Gasteiger partial charge in [-0.25, -0.2) is 0 Å². The quantitative estimate of drug-likeness (QED) is 0.847. The fourth-order valence-electron chi connectivity index (χ4n) is 1.55. The number of hydrogen-bond acceptors (Lipinski definition) is 3. The first-order valence-electron chi connectivity index (χ1n) is 6.45. The second-order valence-corrected chi connectivity index (χ2v) is 6.45. The van der Waals surface area contributed by atoms with Crippen LogP contribution in [0.1, 0.15) is 39.2 Å². The van der Waals surface area contributed by atoms with Gasteiger partial charge < -0.3 is 10.1 Å². The van der Waals surface area contributed by atoms with Crippen LogP contribution in [0.15, 0.2) is 22.7 Å². The van der Waals surface area contributed by atoms with Crippen molar-refractivity contribution in [2.24, 2.45) is 0 Å². The molecule has 0 fully saturated rings. The number of aryl methyl sites for hydroxylation is 1. The van der Waals surface area contributed by atoms with E-state index in [-0.39, 0.29) is 24.7 Å². The van der Waals surface area contributed by atoms with Crippen molar-refractivity contribution in [3.63, 3.8) is 0 Å². The second kappa shape index (κ2) is 6.88. The molecule has 0 spiro atoms. The number of hydrogen-bond donors (Lipinski definition) is 1. The van der Waals surface area contributed by atoms with Crippen molar-refractivity contribution < 1.29 is 14.3 Å². The van der Waals surface area contributed by atoms with E-state index < -0.39 is 5.60 Å². The van der Waals surface area contributed by atoms with Crippen molar-refractivity contribution in [1.29, 1.82) is 0 Å². The highest BCUT2D eigenvalue weighted by Crippen LogP contribution is 2.20. The molecule has 1 aromatic carbocycles. The van der Waals surface area contributed by atoms with Crippen molar-refractivity contribution in [3.8, 4) is 0 Å². The van der Waals surface area contributed by atoms with Crippen LogP contribution in [0.5, 0.6) is 0 Å². The number of esters is 1. The van der Waals surface area contributed by atoms with E-state index in [1.54, 1.807) is 20.8 Å². The van der Waals surface area contributed by atoms with Crippen molar-refractivity contribution in [2.75, 3.05) is 5.32 Å². The standard InChI is InChI=1S/C15H20BrNO3/c1-10-9-11(5-6-12(10)16)17-13(18)7-8-14(19)20-15(2,3)4/h5-6,9H,7-8H2,1-4H3,(H,17,18). The second-order valence-electron chi connectivity index (χ2n) is 5.60. The summed E-state index contributed by atoms with van der Waals surface area (Å²) in [4.78, 5) is 23.3. The molecular weight excluding hydrogens is 322 g/mol. The zero-order valence-electron chi connectivity index (χ0n) is 12.2. The monoisotopic (exact) mass is 341 g/mol. The minimum absolute atomic E-state index is 0.0820. The normalized spacial score (nSPS) is 11.1. The lowest BCUT2D eigenvalue weighted by Gasteiger charge is -2.19. The van der Waals surface area contributed by atoms with Gasteiger partial charge in [-0.1, -0.05) is 15.9 Å². The minimum atomic E-state index is -0.517. The smallest absolute Gasteiger partial charge is 0.306 e. The van der Waals surface area contributed by atoms with Crippen molar-refractivity contribution in [3.05, 3.63) is 28.2 Å². The van der Waals surface area contributed by atoms with E-state index >= 15 is 0 Å². The van der Waals surface area contributed by atoms with E-state index in [0.717, 1.165) is 15.7 Å². The number of carbonyl (C=O) groups excluding carboxylic acids is 2.